The summed E-state index contributed by atoms with van der Waals surface area (Å²) in [6.07, 6.45) is 5.66. The third kappa shape index (κ3) is 3.17. The van der Waals surface area contributed by atoms with Crippen molar-refractivity contribution in [3.05, 3.63) is 36.7 Å². The molecule has 4 N–H and O–H groups in total. The molecule has 1 aromatic carbocycles. The molecule has 1 aliphatic rings. The van der Waals surface area contributed by atoms with Crippen molar-refractivity contribution in [3.63, 3.8) is 0 Å². The van der Waals surface area contributed by atoms with Crippen LogP contribution in [0.3, 0.4) is 0 Å². The van der Waals surface area contributed by atoms with E-state index in [4.69, 9.17) is 15.6 Å². The van der Waals surface area contributed by atoms with Gasteiger partial charge in [-0.05, 0) is 50.6 Å². The molecule has 0 aliphatic carbocycles. The van der Waals surface area contributed by atoms with E-state index in [0.29, 0.717) is 24.0 Å². The van der Waals surface area contributed by atoms with Crippen molar-refractivity contribution in [1.82, 2.24) is 19.9 Å². The Morgan fingerprint density at radius 1 is 1.27 bits per heavy atom. The maximum Gasteiger partial charge on any atom is 0.177 e. The maximum atomic E-state index is 6.49. The van der Waals surface area contributed by atoms with Crippen LogP contribution in [-0.2, 0) is 0 Å². The second kappa shape index (κ2) is 7.21. The highest BCUT2D eigenvalue weighted by molar-refractivity contribution is 5.91. The topological polar surface area (TPSA) is 89.5 Å². The number of hydrogen-bond acceptors (Lipinski definition) is 6. The lowest BCUT2D eigenvalue weighted by Crippen LogP contribution is -2.35. The van der Waals surface area contributed by atoms with Crippen LogP contribution in [0.2, 0.25) is 0 Å². The highest BCUT2D eigenvalue weighted by atomic mass is 16.5. The minimum Gasteiger partial charge on any atom is -0.494 e. The van der Waals surface area contributed by atoms with Crippen LogP contribution in [-0.4, -0.2) is 40.3 Å². The fourth-order valence-corrected chi connectivity index (χ4v) is 3.40. The zero-order valence-electron chi connectivity index (χ0n) is 14.9. The Labute approximate surface area is 152 Å². The van der Waals surface area contributed by atoms with E-state index in [-0.39, 0.29) is 0 Å². The quantitative estimate of drug-likeness (QED) is 0.654. The zero-order chi connectivity index (χ0) is 17.9. The van der Waals surface area contributed by atoms with E-state index in [9.17, 15) is 0 Å². The first kappa shape index (κ1) is 16.7. The number of anilines is 2. The van der Waals surface area contributed by atoms with Crippen molar-refractivity contribution in [3.8, 4) is 16.9 Å². The highest BCUT2D eigenvalue weighted by Gasteiger charge is 2.20. The molecule has 0 unspecified atom stereocenters. The Balaban J connectivity index is 1.77. The number of rotatable bonds is 5. The predicted octanol–water partition coefficient (Wildman–Crippen LogP) is 2.54. The number of nitrogens with two attached hydrogens (primary N) is 1. The van der Waals surface area contributed by atoms with Gasteiger partial charge in [-0.3, -0.25) is 0 Å². The Kier molecular flexibility index (Phi) is 4.62. The first-order chi connectivity index (χ1) is 12.8. The van der Waals surface area contributed by atoms with E-state index in [1.54, 1.807) is 10.7 Å². The van der Waals surface area contributed by atoms with Crippen LogP contribution in [0.4, 0.5) is 11.5 Å². The van der Waals surface area contributed by atoms with Gasteiger partial charge in [-0.15, -0.1) is 5.10 Å². The molecule has 0 radical (unpaired) electrons. The summed E-state index contributed by atoms with van der Waals surface area (Å²) in [7, 11) is 0. The average Bonchev–Trinajstić information content (AvgIpc) is 3.13. The van der Waals surface area contributed by atoms with Crippen molar-refractivity contribution in [2.45, 2.75) is 25.8 Å². The minimum absolute atomic E-state index is 0.380. The summed E-state index contributed by atoms with van der Waals surface area (Å²) >= 11 is 0. The van der Waals surface area contributed by atoms with Gasteiger partial charge in [0.15, 0.2) is 11.5 Å². The Morgan fingerprint density at radius 2 is 2.04 bits per heavy atom. The van der Waals surface area contributed by atoms with Crippen molar-refractivity contribution >= 4 is 17.2 Å². The second-order valence-corrected chi connectivity index (χ2v) is 6.46. The summed E-state index contributed by atoms with van der Waals surface area (Å²) in [5.74, 6) is 1.64. The summed E-state index contributed by atoms with van der Waals surface area (Å²) in [5, 5.41) is 11.7. The molecule has 26 heavy (non-hydrogen) atoms. The fraction of sp³-hybridized carbons (Fsp3) is 0.368. The van der Waals surface area contributed by atoms with E-state index >= 15 is 0 Å². The van der Waals surface area contributed by atoms with Crippen molar-refractivity contribution < 1.29 is 4.74 Å². The lowest BCUT2D eigenvalue weighted by atomic mass is 10.0. The lowest BCUT2D eigenvalue weighted by molar-refractivity contribution is 0.340. The number of fused-ring (bicyclic) bond motifs is 1. The summed E-state index contributed by atoms with van der Waals surface area (Å²) < 4.78 is 7.28. The summed E-state index contributed by atoms with van der Waals surface area (Å²) in [6.45, 7) is 4.65. The van der Waals surface area contributed by atoms with Gasteiger partial charge in [-0.2, -0.15) is 0 Å². The van der Waals surface area contributed by atoms with Gasteiger partial charge in [0.05, 0.1) is 17.9 Å². The van der Waals surface area contributed by atoms with Crippen LogP contribution in [0.5, 0.6) is 5.75 Å². The molecule has 1 saturated heterocycles. The van der Waals surface area contributed by atoms with Crippen LogP contribution in [0.1, 0.15) is 19.8 Å². The fourth-order valence-electron chi connectivity index (χ4n) is 3.40. The van der Waals surface area contributed by atoms with Gasteiger partial charge in [-0.1, -0.05) is 12.1 Å². The number of hydrogen-bond donors (Lipinski definition) is 3. The minimum atomic E-state index is 0.380. The third-order valence-electron chi connectivity index (χ3n) is 4.71. The molecule has 1 aliphatic heterocycles. The molecule has 7 heteroatoms. The number of aromatic nitrogens is 3. The molecule has 7 nitrogen and oxygen atoms in total. The number of imidazole rings is 1. The number of ether oxygens (including phenoxy) is 1. The normalized spacial score (nSPS) is 15.3. The maximum absolute atomic E-state index is 6.49. The summed E-state index contributed by atoms with van der Waals surface area (Å²) in [4.78, 5) is 4.35. The molecule has 3 heterocycles. The standard InChI is InChI=1S/C19H24N6O/c1-2-26-15-5-3-13(4-6-15)16-17(20)19-22-11-12-25(19)24-18(16)23-14-7-9-21-10-8-14/h3-6,11-12,14,21H,2,7-10,20H2,1H3,(H,23,24). The van der Waals surface area contributed by atoms with Gasteiger partial charge in [0.1, 0.15) is 5.75 Å². The van der Waals surface area contributed by atoms with E-state index in [0.717, 1.165) is 48.6 Å². The highest BCUT2D eigenvalue weighted by Crippen LogP contribution is 2.35. The molecule has 0 amide bonds. The Bertz CT molecular complexity index is 883. The van der Waals surface area contributed by atoms with Crippen LogP contribution in [0.25, 0.3) is 16.8 Å². The van der Waals surface area contributed by atoms with Crippen LogP contribution in [0, 0.1) is 0 Å². The third-order valence-corrected chi connectivity index (χ3v) is 4.71. The molecule has 0 bridgehead atoms. The molecular weight excluding hydrogens is 328 g/mol. The molecule has 2 aromatic heterocycles. The molecule has 0 spiro atoms. The van der Waals surface area contributed by atoms with Crippen molar-refractivity contribution in [1.29, 1.82) is 0 Å². The Morgan fingerprint density at radius 3 is 2.77 bits per heavy atom. The SMILES string of the molecule is CCOc1ccc(-c2c(NC3CCNCC3)nn3ccnc3c2N)cc1. The molecule has 1 fully saturated rings. The summed E-state index contributed by atoms with van der Waals surface area (Å²) in [5.41, 5.74) is 9.69. The number of nitrogen functional groups attached to an aromatic ring is 1. The van der Waals surface area contributed by atoms with Gasteiger partial charge in [0.25, 0.3) is 0 Å². The van der Waals surface area contributed by atoms with Gasteiger partial charge < -0.3 is 21.1 Å². The molecule has 136 valence electrons. The molecule has 4 rings (SSSR count). The molecule has 0 atom stereocenters. The Hall–Kier alpha value is -2.80. The van der Waals surface area contributed by atoms with E-state index in [1.165, 1.54) is 0 Å². The van der Waals surface area contributed by atoms with E-state index < -0.39 is 0 Å². The average molecular weight is 352 g/mol. The zero-order valence-corrected chi connectivity index (χ0v) is 14.9. The van der Waals surface area contributed by atoms with Gasteiger partial charge >= 0.3 is 0 Å². The van der Waals surface area contributed by atoms with Crippen molar-refractivity contribution in [2.24, 2.45) is 0 Å². The van der Waals surface area contributed by atoms with Gasteiger partial charge in [-0.25, -0.2) is 9.50 Å². The summed E-state index contributed by atoms with van der Waals surface area (Å²) in [6, 6.07) is 8.34. The van der Waals surface area contributed by atoms with Crippen LogP contribution >= 0.6 is 0 Å². The van der Waals surface area contributed by atoms with E-state index in [2.05, 4.69) is 15.6 Å². The largest absolute Gasteiger partial charge is 0.494 e. The number of benzene rings is 1. The van der Waals surface area contributed by atoms with Crippen LogP contribution < -0.4 is 21.1 Å². The smallest absolute Gasteiger partial charge is 0.177 e. The number of nitrogens with one attached hydrogen (secondary N) is 2. The molecule has 3 aromatic rings. The first-order valence-corrected chi connectivity index (χ1v) is 9.09. The number of nitrogens with zero attached hydrogens (tertiary/aromatic N) is 3. The molecule has 0 saturated carbocycles. The first-order valence-electron chi connectivity index (χ1n) is 9.09. The second-order valence-electron chi connectivity index (χ2n) is 6.46. The predicted molar refractivity (Wildman–Crippen MR) is 104 cm³/mol. The van der Waals surface area contributed by atoms with Gasteiger partial charge in [0, 0.05) is 18.4 Å². The van der Waals surface area contributed by atoms with Gasteiger partial charge in [0.2, 0.25) is 0 Å². The van der Waals surface area contributed by atoms with Crippen LogP contribution in [0.15, 0.2) is 36.7 Å². The molecular formula is C19H24N6O. The van der Waals surface area contributed by atoms with E-state index in [1.807, 2.05) is 37.4 Å². The monoisotopic (exact) mass is 352 g/mol. The lowest BCUT2D eigenvalue weighted by Gasteiger charge is -2.25. The number of piperidine rings is 1. The van der Waals surface area contributed by atoms with Crippen molar-refractivity contribution in [2.75, 3.05) is 30.7 Å².